The number of methoxy groups -OCH3 is 1. The van der Waals surface area contributed by atoms with E-state index >= 15 is 0 Å². The third kappa shape index (κ3) is 4.37. The van der Waals surface area contributed by atoms with Crippen molar-refractivity contribution in [2.24, 2.45) is 23.5 Å². The molecule has 236 valence electrons. The normalized spacial score (nSPS) is 29.3. The summed E-state index contributed by atoms with van der Waals surface area (Å²) in [5.41, 5.74) is 14.7. The Labute approximate surface area is 261 Å². The van der Waals surface area contributed by atoms with Gasteiger partial charge in [0.25, 0.3) is 0 Å². The van der Waals surface area contributed by atoms with Crippen LogP contribution in [-0.2, 0) is 25.5 Å². The fourth-order valence-electron chi connectivity index (χ4n) is 7.83. The van der Waals surface area contributed by atoms with Gasteiger partial charge in [-0.15, -0.1) is 0 Å². The van der Waals surface area contributed by atoms with Gasteiger partial charge in [-0.05, 0) is 85.6 Å². The molecule has 0 spiro atoms. The molecule has 0 amide bonds. The Balaban J connectivity index is 1.69. The second-order valence-corrected chi connectivity index (χ2v) is 12.6. The molecular weight excluding hydrogens is 570 g/mol. The average Bonchev–Trinajstić information content (AvgIpc) is 3.71. The number of allylic oxidation sites excluding steroid dienone is 2. The molecule has 0 saturated carbocycles. The maximum Gasteiger partial charge on any atom is 0.320 e. The minimum Gasteiger partial charge on any atom is -0.481 e. The molecule has 5 heterocycles. The van der Waals surface area contributed by atoms with Crippen molar-refractivity contribution in [2.45, 2.75) is 65.5 Å². The van der Waals surface area contributed by atoms with E-state index in [0.717, 1.165) is 56.5 Å². The summed E-state index contributed by atoms with van der Waals surface area (Å²) in [5.74, 6) is -3.66. The number of ether oxygens (including phenoxy) is 1. The molecule has 4 aliphatic rings. The van der Waals surface area contributed by atoms with Crippen LogP contribution in [0, 0.1) is 31.6 Å². The predicted octanol–water partition coefficient (Wildman–Crippen LogP) is 2.42. The zero-order chi connectivity index (χ0) is 32.5. The van der Waals surface area contributed by atoms with Gasteiger partial charge in [-0.2, -0.15) is 0 Å². The summed E-state index contributed by atoms with van der Waals surface area (Å²) in [6.07, 6.45) is 9.03. The first-order valence-corrected chi connectivity index (χ1v) is 15.5. The highest BCUT2D eigenvalue weighted by Gasteiger charge is 2.61. The third-order valence-corrected chi connectivity index (χ3v) is 10.5. The Bertz CT molecular complexity index is 1900. The Morgan fingerprint density at radius 2 is 1.84 bits per heavy atom. The Morgan fingerprint density at radius 1 is 1.11 bits per heavy atom. The molecule has 2 aromatic rings. The van der Waals surface area contributed by atoms with Crippen molar-refractivity contribution >= 4 is 42.0 Å². The molecule has 6 rings (SSSR count). The van der Waals surface area contributed by atoms with E-state index in [4.69, 9.17) is 10.5 Å². The molecule has 3 aliphatic heterocycles. The highest BCUT2D eigenvalue weighted by Crippen LogP contribution is 2.49. The Morgan fingerprint density at radius 3 is 2.49 bits per heavy atom. The van der Waals surface area contributed by atoms with Crippen LogP contribution in [0.2, 0.25) is 0 Å². The molecule has 45 heavy (non-hydrogen) atoms. The lowest BCUT2D eigenvalue weighted by atomic mass is 9.80. The van der Waals surface area contributed by atoms with Crippen LogP contribution in [0.4, 0.5) is 0 Å². The van der Waals surface area contributed by atoms with E-state index in [0.29, 0.717) is 29.0 Å². The molecule has 0 radical (unpaired) electrons. The van der Waals surface area contributed by atoms with E-state index in [9.17, 15) is 19.5 Å². The summed E-state index contributed by atoms with van der Waals surface area (Å²) >= 11 is 0. The second kappa shape index (κ2) is 10.8. The number of Topliss-reactive ketones (excluding diaryl/α,β-unsaturated/α-hetero) is 1. The molecule has 5 atom stereocenters. The van der Waals surface area contributed by atoms with E-state index in [1.807, 2.05) is 39.0 Å². The summed E-state index contributed by atoms with van der Waals surface area (Å²) in [7, 11) is 1.26. The molecule has 7 N–H and O–H groups in total. The van der Waals surface area contributed by atoms with E-state index in [1.54, 1.807) is 0 Å². The Hall–Kier alpha value is -4.57. The lowest BCUT2D eigenvalue weighted by Crippen LogP contribution is -2.49. The van der Waals surface area contributed by atoms with Crippen LogP contribution >= 0.6 is 0 Å². The monoisotopic (exact) mass is 611 g/mol. The van der Waals surface area contributed by atoms with E-state index in [-0.39, 0.29) is 18.3 Å². The number of hydrogen-bond donors (Lipinski definition) is 6. The van der Waals surface area contributed by atoms with Gasteiger partial charge in [-0.1, -0.05) is 26.5 Å². The van der Waals surface area contributed by atoms with Crippen molar-refractivity contribution in [1.82, 2.24) is 20.6 Å². The van der Waals surface area contributed by atoms with Crippen LogP contribution in [0.5, 0.6) is 0 Å². The molecule has 0 aromatic carbocycles. The lowest BCUT2D eigenvalue weighted by molar-refractivity contribution is -0.148. The van der Waals surface area contributed by atoms with Gasteiger partial charge in [0.2, 0.25) is 0 Å². The van der Waals surface area contributed by atoms with Crippen LogP contribution in [0.1, 0.15) is 67.3 Å². The molecule has 1 aliphatic carbocycles. The number of rotatable bonds is 6. The molecule has 10 nitrogen and oxygen atoms in total. The number of fused-ring (bicyclic) bond motifs is 8. The number of ketones is 1. The minimum atomic E-state index is -1.56. The molecule has 1 saturated heterocycles. The number of carboxylic acids is 1. The first-order chi connectivity index (χ1) is 21.4. The molecule has 2 aromatic heterocycles. The smallest absolute Gasteiger partial charge is 0.320 e. The molecule has 10 heteroatoms. The van der Waals surface area contributed by atoms with Gasteiger partial charge in [-0.25, -0.2) is 0 Å². The number of carboxylic acid groups (broad SMARTS) is 1. The number of carbonyl (C=O) groups is 3. The number of hydrogen-bond acceptors (Lipinski definition) is 7. The highest BCUT2D eigenvalue weighted by molar-refractivity contribution is 6.14. The van der Waals surface area contributed by atoms with Gasteiger partial charge < -0.3 is 36.2 Å². The van der Waals surface area contributed by atoms with Crippen molar-refractivity contribution < 1.29 is 24.2 Å². The average molecular weight is 612 g/mol. The highest BCUT2D eigenvalue weighted by atomic mass is 16.5. The number of aliphatic carboxylic acids is 1. The number of carbonyl (C=O) groups excluding carboxylic acids is 2. The van der Waals surface area contributed by atoms with E-state index < -0.39 is 35.2 Å². The minimum absolute atomic E-state index is 0.0627. The first-order valence-electron chi connectivity index (χ1n) is 15.5. The fraction of sp³-hybridized carbons (Fsp3) is 0.400. The number of nitrogens with one attached hydrogen (secondary N) is 4. The van der Waals surface area contributed by atoms with Gasteiger partial charge >= 0.3 is 11.9 Å². The molecular formula is C35H41N5O5. The standard InChI is InChI=1S/C35H41N5O5/c1-8-19-15(3)22-12-24-17(5)21(10-11-28(41)42)31(39-24)29-30(34(44)45-7)33(43)35(36)18(6)25(40-32(29)35)14-27-20(9-2)16(4)23(38-27)13-26(19)37-22/h8,12-14,17,21,30-31,37-40H,1,9-11,36H2,2-7H3,(H,41,42)/b23-13-,24-12-,27-14-/t17-,21-,30+,31?,35-/m0/s1. The quantitative estimate of drug-likeness (QED) is 0.214. The van der Waals surface area contributed by atoms with Crippen LogP contribution in [-0.4, -0.2) is 51.5 Å². The van der Waals surface area contributed by atoms with Gasteiger partial charge in [-0.3, -0.25) is 14.4 Å². The maximum absolute atomic E-state index is 14.3. The summed E-state index contributed by atoms with van der Waals surface area (Å²) in [6, 6.07) is -0.544. The maximum atomic E-state index is 14.3. The van der Waals surface area contributed by atoms with Gasteiger partial charge in [0.1, 0.15) is 11.5 Å². The van der Waals surface area contributed by atoms with Gasteiger partial charge in [0.05, 0.1) is 18.8 Å². The number of H-pyrrole nitrogens is 2. The second-order valence-electron chi connectivity index (χ2n) is 12.6. The number of aromatic nitrogens is 2. The van der Waals surface area contributed by atoms with Crippen LogP contribution in [0.3, 0.4) is 0 Å². The number of aromatic amines is 2. The van der Waals surface area contributed by atoms with Crippen molar-refractivity contribution in [3.63, 3.8) is 0 Å². The zero-order valence-electron chi connectivity index (χ0n) is 26.6. The summed E-state index contributed by atoms with van der Waals surface area (Å²) in [5, 5.41) is 18.6. The molecule has 8 bridgehead atoms. The number of nitrogens with two attached hydrogens (primary N) is 1. The summed E-state index contributed by atoms with van der Waals surface area (Å²) in [6.45, 7) is 14.2. The van der Waals surface area contributed by atoms with Crippen LogP contribution < -0.4 is 27.1 Å². The third-order valence-electron chi connectivity index (χ3n) is 10.5. The van der Waals surface area contributed by atoms with Crippen LogP contribution in [0.15, 0.2) is 34.8 Å². The predicted molar refractivity (Wildman–Crippen MR) is 173 cm³/mol. The van der Waals surface area contributed by atoms with Crippen molar-refractivity contribution in [3.8, 4) is 0 Å². The topological polar surface area (TPSA) is 162 Å². The zero-order valence-corrected chi connectivity index (χ0v) is 26.6. The van der Waals surface area contributed by atoms with E-state index in [1.165, 1.54) is 7.11 Å². The van der Waals surface area contributed by atoms with Gasteiger partial charge in [0, 0.05) is 51.4 Å². The largest absolute Gasteiger partial charge is 0.481 e. The number of esters is 1. The van der Waals surface area contributed by atoms with Crippen molar-refractivity contribution in [3.05, 3.63) is 79.2 Å². The van der Waals surface area contributed by atoms with Crippen molar-refractivity contribution in [1.29, 1.82) is 0 Å². The fourth-order valence-corrected chi connectivity index (χ4v) is 7.83. The first kappa shape index (κ1) is 30.5. The van der Waals surface area contributed by atoms with E-state index in [2.05, 4.69) is 47.1 Å². The summed E-state index contributed by atoms with van der Waals surface area (Å²) in [4.78, 5) is 46.5. The molecule has 1 fully saturated rings. The van der Waals surface area contributed by atoms with Crippen molar-refractivity contribution in [2.75, 3.05) is 7.11 Å². The molecule has 1 unspecified atom stereocenters. The SMILES string of the molecule is C=Cc1c2[nH]c(c1C)/C=C1\NC(C3=C4NC(=C(C)[C@@]4(N)C(=O)[C@@H]3C(=O)OC)/C=c3\[nH]/c(c(C)c3CC)=C\2)[C@@H](CCC(=O)O)[C@@H]1C. The van der Waals surface area contributed by atoms with Crippen LogP contribution in [0.25, 0.3) is 24.3 Å². The van der Waals surface area contributed by atoms with Gasteiger partial charge in [0.15, 0.2) is 5.78 Å². The Kier molecular flexibility index (Phi) is 7.31. The summed E-state index contributed by atoms with van der Waals surface area (Å²) < 4.78 is 5.17. The lowest BCUT2D eigenvalue weighted by Gasteiger charge is -2.26.